The van der Waals surface area contributed by atoms with Crippen molar-refractivity contribution in [2.45, 2.75) is 25.3 Å². The molecule has 0 rings (SSSR count). The van der Waals surface area contributed by atoms with E-state index in [4.69, 9.17) is 12.2 Å². The van der Waals surface area contributed by atoms with Gasteiger partial charge in [0, 0.05) is 6.42 Å². The average molecular weight is 212 g/mol. The second kappa shape index (κ2) is 7.83. The van der Waals surface area contributed by atoms with Gasteiger partial charge in [0.2, 0.25) is 5.91 Å². The van der Waals surface area contributed by atoms with Crippen LogP contribution in [-0.2, 0) is 14.3 Å². The fourth-order valence-corrected chi connectivity index (χ4v) is 0.918. The van der Waals surface area contributed by atoms with Crippen molar-refractivity contribution in [3.8, 4) is 12.3 Å². The molecule has 0 unspecified atom stereocenters. The largest absolute Gasteiger partial charge is 0.468 e. The molecular formula is C10H16N2O3. The van der Waals surface area contributed by atoms with Crippen LogP contribution in [-0.4, -0.2) is 31.6 Å². The van der Waals surface area contributed by atoms with Crippen molar-refractivity contribution < 1.29 is 14.3 Å². The maximum absolute atomic E-state index is 11.3. The van der Waals surface area contributed by atoms with Gasteiger partial charge in [-0.1, -0.05) is 0 Å². The van der Waals surface area contributed by atoms with E-state index in [1.54, 1.807) is 0 Å². The molecule has 0 aromatic heterocycles. The first-order valence-corrected chi connectivity index (χ1v) is 4.65. The molecule has 0 radical (unpaired) electrons. The van der Waals surface area contributed by atoms with E-state index in [0.29, 0.717) is 19.3 Å². The molecule has 3 N–H and O–H groups in total. The molecule has 0 aliphatic rings. The molecular weight excluding hydrogens is 196 g/mol. The summed E-state index contributed by atoms with van der Waals surface area (Å²) in [4.78, 5) is 22.0. The minimum absolute atomic E-state index is 0.155. The second-order valence-electron chi connectivity index (χ2n) is 3.00. The molecule has 5 heteroatoms. The van der Waals surface area contributed by atoms with Gasteiger partial charge in [-0.3, -0.25) is 9.59 Å². The number of nitrogens with one attached hydrogen (secondary N) is 1. The summed E-state index contributed by atoms with van der Waals surface area (Å²) >= 11 is 0. The van der Waals surface area contributed by atoms with Crippen molar-refractivity contribution in [1.29, 1.82) is 0 Å². The SMILES string of the molecule is C#CCCC[C@H](N)C(=O)NCC(=O)OC. The van der Waals surface area contributed by atoms with Gasteiger partial charge in [-0.25, -0.2) is 0 Å². The summed E-state index contributed by atoms with van der Waals surface area (Å²) in [7, 11) is 1.25. The smallest absolute Gasteiger partial charge is 0.325 e. The van der Waals surface area contributed by atoms with Crippen LogP contribution in [0.2, 0.25) is 0 Å². The summed E-state index contributed by atoms with van der Waals surface area (Å²) in [6.07, 6.45) is 6.86. The molecule has 1 atom stereocenters. The van der Waals surface area contributed by atoms with Crippen LogP contribution >= 0.6 is 0 Å². The molecule has 0 saturated heterocycles. The maximum Gasteiger partial charge on any atom is 0.325 e. The van der Waals surface area contributed by atoms with Crippen molar-refractivity contribution in [1.82, 2.24) is 5.32 Å². The predicted molar refractivity (Wildman–Crippen MR) is 55.7 cm³/mol. The van der Waals surface area contributed by atoms with Crippen LogP contribution < -0.4 is 11.1 Å². The highest BCUT2D eigenvalue weighted by atomic mass is 16.5. The van der Waals surface area contributed by atoms with E-state index in [1.165, 1.54) is 7.11 Å². The number of methoxy groups -OCH3 is 1. The molecule has 0 heterocycles. The van der Waals surface area contributed by atoms with Gasteiger partial charge in [0.15, 0.2) is 0 Å². The van der Waals surface area contributed by atoms with E-state index in [-0.39, 0.29) is 12.5 Å². The van der Waals surface area contributed by atoms with Gasteiger partial charge in [-0.15, -0.1) is 12.3 Å². The molecule has 0 aromatic rings. The number of esters is 1. The maximum atomic E-state index is 11.3. The van der Waals surface area contributed by atoms with Gasteiger partial charge in [-0.2, -0.15) is 0 Å². The van der Waals surface area contributed by atoms with Crippen molar-refractivity contribution in [3.63, 3.8) is 0 Å². The Morgan fingerprint density at radius 2 is 2.27 bits per heavy atom. The standard InChI is InChI=1S/C10H16N2O3/c1-3-4-5-6-8(11)10(14)12-7-9(13)15-2/h1,8H,4-7,11H2,2H3,(H,12,14)/t8-/m0/s1. The highest BCUT2D eigenvalue weighted by Crippen LogP contribution is 1.97. The molecule has 15 heavy (non-hydrogen) atoms. The summed E-state index contributed by atoms with van der Waals surface area (Å²) < 4.78 is 4.36. The first-order chi connectivity index (χ1) is 7.11. The molecule has 84 valence electrons. The van der Waals surface area contributed by atoms with E-state index < -0.39 is 12.0 Å². The minimum Gasteiger partial charge on any atom is -0.468 e. The Balaban J connectivity index is 3.70. The van der Waals surface area contributed by atoms with Gasteiger partial charge < -0.3 is 15.8 Å². The Morgan fingerprint density at radius 3 is 2.80 bits per heavy atom. The normalized spacial score (nSPS) is 11.3. The van der Waals surface area contributed by atoms with Crippen molar-refractivity contribution in [2.24, 2.45) is 5.73 Å². The quantitative estimate of drug-likeness (QED) is 0.350. The molecule has 0 aliphatic heterocycles. The Bertz CT molecular complexity index is 258. The predicted octanol–water partition coefficient (Wildman–Crippen LogP) is -0.594. The molecule has 0 aromatic carbocycles. The van der Waals surface area contributed by atoms with E-state index in [9.17, 15) is 9.59 Å². The lowest BCUT2D eigenvalue weighted by atomic mass is 10.1. The van der Waals surface area contributed by atoms with Crippen LogP contribution in [0.25, 0.3) is 0 Å². The number of terminal acetylenes is 1. The topological polar surface area (TPSA) is 81.4 Å². The highest BCUT2D eigenvalue weighted by Gasteiger charge is 2.13. The number of hydrogen-bond acceptors (Lipinski definition) is 4. The number of unbranched alkanes of at least 4 members (excludes halogenated alkanes) is 1. The molecule has 0 spiro atoms. The number of amides is 1. The third-order valence-electron chi connectivity index (χ3n) is 1.81. The number of carbonyl (C=O) groups excluding carboxylic acids is 2. The highest BCUT2D eigenvalue weighted by molar-refractivity contribution is 5.85. The molecule has 0 bridgehead atoms. The summed E-state index contributed by atoms with van der Waals surface area (Å²) in [6, 6.07) is -0.622. The fraction of sp³-hybridized carbons (Fsp3) is 0.600. The van der Waals surface area contributed by atoms with Crippen LogP contribution in [0, 0.1) is 12.3 Å². The molecule has 5 nitrogen and oxygen atoms in total. The third-order valence-corrected chi connectivity index (χ3v) is 1.81. The monoisotopic (exact) mass is 212 g/mol. The van der Waals surface area contributed by atoms with Gasteiger partial charge in [0.1, 0.15) is 6.54 Å². The Labute approximate surface area is 89.3 Å². The number of carbonyl (C=O) groups is 2. The number of nitrogens with two attached hydrogens (primary N) is 1. The zero-order valence-electron chi connectivity index (χ0n) is 8.79. The van der Waals surface area contributed by atoms with Crippen LogP contribution in [0.3, 0.4) is 0 Å². The number of hydrogen-bond donors (Lipinski definition) is 2. The summed E-state index contributed by atoms with van der Waals surface area (Å²) in [5.41, 5.74) is 5.55. The third kappa shape index (κ3) is 6.52. The van der Waals surface area contributed by atoms with Crippen LogP contribution in [0.1, 0.15) is 19.3 Å². The van der Waals surface area contributed by atoms with Crippen LogP contribution in [0.5, 0.6) is 0 Å². The first kappa shape index (κ1) is 13.5. The lowest BCUT2D eigenvalue weighted by Gasteiger charge is -2.10. The van der Waals surface area contributed by atoms with E-state index in [1.807, 2.05) is 0 Å². The van der Waals surface area contributed by atoms with Gasteiger partial charge in [0.25, 0.3) is 0 Å². The van der Waals surface area contributed by atoms with Crippen molar-refractivity contribution in [2.75, 3.05) is 13.7 Å². The Morgan fingerprint density at radius 1 is 1.60 bits per heavy atom. The molecule has 0 aliphatic carbocycles. The van der Waals surface area contributed by atoms with Crippen LogP contribution in [0.4, 0.5) is 0 Å². The molecule has 0 fully saturated rings. The Hall–Kier alpha value is -1.54. The summed E-state index contributed by atoms with van der Waals surface area (Å²) in [6.45, 7) is -0.155. The Kier molecular flexibility index (Phi) is 7.02. The van der Waals surface area contributed by atoms with Crippen molar-refractivity contribution >= 4 is 11.9 Å². The van der Waals surface area contributed by atoms with Gasteiger partial charge in [-0.05, 0) is 12.8 Å². The van der Waals surface area contributed by atoms with Gasteiger partial charge >= 0.3 is 5.97 Å². The second-order valence-corrected chi connectivity index (χ2v) is 3.00. The van der Waals surface area contributed by atoms with E-state index >= 15 is 0 Å². The van der Waals surface area contributed by atoms with E-state index in [0.717, 1.165) is 0 Å². The van der Waals surface area contributed by atoms with Crippen molar-refractivity contribution in [3.05, 3.63) is 0 Å². The first-order valence-electron chi connectivity index (χ1n) is 4.65. The van der Waals surface area contributed by atoms with Crippen LogP contribution in [0.15, 0.2) is 0 Å². The lowest BCUT2D eigenvalue weighted by molar-refractivity contribution is -0.141. The summed E-state index contributed by atoms with van der Waals surface area (Å²) in [5.74, 6) is 1.60. The number of ether oxygens (including phenoxy) is 1. The molecule has 0 saturated carbocycles. The zero-order chi connectivity index (χ0) is 11.7. The minimum atomic E-state index is -0.622. The number of rotatable bonds is 6. The summed E-state index contributed by atoms with van der Waals surface area (Å²) in [5, 5.41) is 2.37. The van der Waals surface area contributed by atoms with E-state index in [2.05, 4.69) is 16.0 Å². The average Bonchev–Trinajstić information content (AvgIpc) is 2.25. The lowest BCUT2D eigenvalue weighted by Crippen LogP contribution is -2.42. The molecule has 1 amide bonds. The zero-order valence-corrected chi connectivity index (χ0v) is 8.79. The fourth-order valence-electron chi connectivity index (χ4n) is 0.918. The van der Waals surface area contributed by atoms with Gasteiger partial charge in [0.05, 0.1) is 13.2 Å².